The van der Waals surface area contributed by atoms with Crippen LogP contribution >= 0.6 is 0 Å². The van der Waals surface area contributed by atoms with Crippen LogP contribution in [0.1, 0.15) is 39.5 Å². The summed E-state index contributed by atoms with van der Waals surface area (Å²) in [5.74, 6) is 1.00. The van der Waals surface area contributed by atoms with E-state index in [1.807, 2.05) is 0 Å². The quantitative estimate of drug-likeness (QED) is 0.602. The molecule has 0 aliphatic carbocycles. The fraction of sp³-hybridized carbons (Fsp3) is 0.833. The average Bonchev–Trinajstić information content (AvgIpc) is 2.15. The summed E-state index contributed by atoms with van der Waals surface area (Å²) in [6.45, 7) is 12.2. The third-order valence-electron chi connectivity index (χ3n) is 3.14. The second-order valence-electron chi connectivity index (χ2n) is 4.40. The molecule has 1 heteroatoms. The van der Waals surface area contributed by atoms with Crippen molar-refractivity contribution in [1.29, 1.82) is 0 Å². The van der Waals surface area contributed by atoms with Crippen molar-refractivity contribution in [1.82, 2.24) is 4.90 Å². The Morgan fingerprint density at radius 1 is 1.38 bits per heavy atom. The Morgan fingerprint density at radius 2 is 2.00 bits per heavy atom. The first-order chi connectivity index (χ1) is 6.22. The van der Waals surface area contributed by atoms with Crippen LogP contribution in [0, 0.1) is 5.92 Å². The Kier molecular flexibility index (Phi) is 4.51. The number of hydrogen-bond donors (Lipinski definition) is 0. The summed E-state index contributed by atoms with van der Waals surface area (Å²) >= 11 is 0. The molecule has 0 atom stereocenters. The molecular formula is C12H23N. The van der Waals surface area contributed by atoms with Gasteiger partial charge < -0.3 is 4.90 Å². The molecule has 0 bridgehead atoms. The molecular weight excluding hydrogens is 158 g/mol. The van der Waals surface area contributed by atoms with Crippen molar-refractivity contribution < 1.29 is 0 Å². The van der Waals surface area contributed by atoms with Crippen molar-refractivity contribution in [3.8, 4) is 0 Å². The molecule has 0 aromatic rings. The zero-order valence-electron chi connectivity index (χ0n) is 9.18. The van der Waals surface area contributed by atoms with Crippen molar-refractivity contribution in [2.45, 2.75) is 39.5 Å². The Bertz CT molecular complexity index is 155. The molecule has 0 radical (unpaired) electrons. The smallest absolute Gasteiger partial charge is 0.00184 e. The molecule has 1 heterocycles. The van der Waals surface area contributed by atoms with E-state index in [9.17, 15) is 0 Å². The maximum absolute atomic E-state index is 3.94. The number of rotatable bonds is 4. The normalized spacial score (nSPS) is 20.5. The molecule has 13 heavy (non-hydrogen) atoms. The number of likely N-dealkylation sites (tertiary alicyclic amines) is 1. The standard InChI is InChI=1S/C12H23N/c1-4-12-6-9-13(10-7-12)8-5-11(2)3/h12H,2,4-10H2,1,3H3. The van der Waals surface area contributed by atoms with Crippen molar-refractivity contribution in [3.05, 3.63) is 12.2 Å². The van der Waals surface area contributed by atoms with Crippen LogP contribution in [0.5, 0.6) is 0 Å². The summed E-state index contributed by atoms with van der Waals surface area (Å²) in [4.78, 5) is 2.58. The van der Waals surface area contributed by atoms with Crippen LogP contribution in [0.15, 0.2) is 12.2 Å². The Balaban J connectivity index is 2.14. The van der Waals surface area contributed by atoms with E-state index in [0.29, 0.717) is 0 Å². The maximum atomic E-state index is 3.94. The van der Waals surface area contributed by atoms with Gasteiger partial charge in [0.15, 0.2) is 0 Å². The fourth-order valence-electron chi connectivity index (χ4n) is 1.97. The van der Waals surface area contributed by atoms with Gasteiger partial charge in [-0.25, -0.2) is 0 Å². The summed E-state index contributed by atoms with van der Waals surface area (Å²) in [5, 5.41) is 0. The van der Waals surface area contributed by atoms with Gasteiger partial charge in [0.1, 0.15) is 0 Å². The third kappa shape index (κ3) is 3.95. The van der Waals surface area contributed by atoms with Crippen LogP contribution < -0.4 is 0 Å². The van der Waals surface area contributed by atoms with Gasteiger partial charge in [-0.2, -0.15) is 0 Å². The molecule has 76 valence electrons. The van der Waals surface area contributed by atoms with E-state index in [0.717, 1.165) is 5.92 Å². The van der Waals surface area contributed by atoms with Gasteiger partial charge in [-0.05, 0) is 45.2 Å². The van der Waals surface area contributed by atoms with E-state index >= 15 is 0 Å². The Hall–Kier alpha value is -0.300. The third-order valence-corrected chi connectivity index (χ3v) is 3.14. The van der Waals surface area contributed by atoms with Crippen LogP contribution in [0.25, 0.3) is 0 Å². The van der Waals surface area contributed by atoms with Crippen molar-refractivity contribution in [2.75, 3.05) is 19.6 Å². The second kappa shape index (κ2) is 5.43. The van der Waals surface area contributed by atoms with Crippen LogP contribution in [-0.2, 0) is 0 Å². The summed E-state index contributed by atoms with van der Waals surface area (Å²) in [5.41, 5.74) is 1.32. The minimum Gasteiger partial charge on any atom is -0.303 e. The predicted molar refractivity (Wildman–Crippen MR) is 58.9 cm³/mol. The minimum atomic E-state index is 1.00. The molecule has 0 unspecified atom stereocenters. The molecule has 0 N–H and O–H groups in total. The monoisotopic (exact) mass is 181 g/mol. The lowest BCUT2D eigenvalue weighted by Crippen LogP contribution is -2.34. The first-order valence-electron chi connectivity index (χ1n) is 5.59. The number of nitrogens with zero attached hydrogens (tertiary/aromatic N) is 1. The van der Waals surface area contributed by atoms with Gasteiger partial charge in [0.2, 0.25) is 0 Å². The zero-order valence-corrected chi connectivity index (χ0v) is 9.18. The van der Waals surface area contributed by atoms with Crippen molar-refractivity contribution in [2.24, 2.45) is 5.92 Å². The zero-order chi connectivity index (χ0) is 9.68. The van der Waals surface area contributed by atoms with Crippen LogP contribution in [0.4, 0.5) is 0 Å². The highest BCUT2D eigenvalue weighted by Crippen LogP contribution is 2.20. The second-order valence-corrected chi connectivity index (χ2v) is 4.40. The lowest BCUT2D eigenvalue weighted by molar-refractivity contribution is 0.184. The molecule has 1 nitrogen and oxygen atoms in total. The van der Waals surface area contributed by atoms with Gasteiger partial charge in [-0.15, -0.1) is 6.58 Å². The predicted octanol–water partition coefficient (Wildman–Crippen LogP) is 3.07. The van der Waals surface area contributed by atoms with Gasteiger partial charge in [0, 0.05) is 6.54 Å². The molecule has 0 spiro atoms. The summed E-state index contributed by atoms with van der Waals surface area (Å²) in [6.07, 6.45) is 5.37. The largest absolute Gasteiger partial charge is 0.303 e. The molecule has 1 aliphatic heterocycles. The average molecular weight is 181 g/mol. The molecule has 0 saturated carbocycles. The fourth-order valence-corrected chi connectivity index (χ4v) is 1.97. The molecule has 1 rings (SSSR count). The lowest BCUT2D eigenvalue weighted by Gasteiger charge is -2.31. The van der Waals surface area contributed by atoms with E-state index in [2.05, 4.69) is 25.3 Å². The van der Waals surface area contributed by atoms with Gasteiger partial charge in [0.25, 0.3) is 0 Å². The maximum Gasteiger partial charge on any atom is 0.00184 e. The van der Waals surface area contributed by atoms with Crippen LogP contribution in [-0.4, -0.2) is 24.5 Å². The first kappa shape index (κ1) is 10.8. The first-order valence-corrected chi connectivity index (χ1v) is 5.59. The van der Waals surface area contributed by atoms with E-state index in [1.165, 1.54) is 50.9 Å². The number of piperidine rings is 1. The molecule has 1 aliphatic rings. The van der Waals surface area contributed by atoms with Crippen LogP contribution in [0.2, 0.25) is 0 Å². The summed E-state index contributed by atoms with van der Waals surface area (Å²) in [6, 6.07) is 0. The Labute approximate surface area is 82.8 Å². The number of hydrogen-bond acceptors (Lipinski definition) is 1. The van der Waals surface area contributed by atoms with E-state index in [1.54, 1.807) is 0 Å². The lowest BCUT2D eigenvalue weighted by atomic mass is 9.94. The van der Waals surface area contributed by atoms with Gasteiger partial charge in [-0.1, -0.05) is 18.9 Å². The van der Waals surface area contributed by atoms with E-state index < -0.39 is 0 Å². The minimum absolute atomic E-state index is 1.00. The van der Waals surface area contributed by atoms with Crippen molar-refractivity contribution >= 4 is 0 Å². The highest BCUT2D eigenvalue weighted by molar-refractivity contribution is 4.89. The Morgan fingerprint density at radius 3 is 2.46 bits per heavy atom. The van der Waals surface area contributed by atoms with Gasteiger partial charge in [0.05, 0.1) is 0 Å². The van der Waals surface area contributed by atoms with Crippen LogP contribution in [0.3, 0.4) is 0 Å². The van der Waals surface area contributed by atoms with Gasteiger partial charge in [-0.3, -0.25) is 0 Å². The summed E-state index contributed by atoms with van der Waals surface area (Å²) in [7, 11) is 0. The molecule has 1 fully saturated rings. The van der Waals surface area contributed by atoms with E-state index in [-0.39, 0.29) is 0 Å². The van der Waals surface area contributed by atoms with Gasteiger partial charge >= 0.3 is 0 Å². The molecule has 0 aromatic carbocycles. The molecule has 0 aromatic heterocycles. The molecule has 0 amide bonds. The molecule has 1 saturated heterocycles. The van der Waals surface area contributed by atoms with Crippen molar-refractivity contribution in [3.63, 3.8) is 0 Å². The highest BCUT2D eigenvalue weighted by Gasteiger charge is 2.16. The summed E-state index contributed by atoms with van der Waals surface area (Å²) < 4.78 is 0. The van der Waals surface area contributed by atoms with E-state index in [4.69, 9.17) is 0 Å². The highest BCUT2D eigenvalue weighted by atomic mass is 15.1. The topological polar surface area (TPSA) is 3.24 Å². The SMILES string of the molecule is C=C(C)CCN1CCC(CC)CC1.